The van der Waals surface area contributed by atoms with Gasteiger partial charge in [0.15, 0.2) is 22.5 Å². The van der Waals surface area contributed by atoms with E-state index in [-0.39, 0.29) is 11.7 Å². The summed E-state index contributed by atoms with van der Waals surface area (Å²) in [4.78, 5) is 12.2. The zero-order chi connectivity index (χ0) is 23.8. The highest BCUT2D eigenvalue weighted by atomic mass is 79.9. The third-order valence-corrected chi connectivity index (χ3v) is 6.17. The fraction of sp³-hybridized carbons (Fsp3) is 0.273. The molecule has 11 heteroatoms. The number of thioether (sulfide) groups is 1. The quantitative estimate of drug-likeness (QED) is 0.239. The second kappa shape index (κ2) is 11.7. The average Bonchev–Trinajstić information content (AvgIpc) is 3.25. The molecule has 2 aromatic carbocycles. The summed E-state index contributed by atoms with van der Waals surface area (Å²) in [5.41, 5.74) is 4.19. The van der Waals surface area contributed by atoms with Gasteiger partial charge in [0.1, 0.15) is 5.75 Å². The number of nitrogens with zero attached hydrogens (tertiary/aromatic N) is 4. The van der Waals surface area contributed by atoms with Crippen LogP contribution in [0.25, 0.3) is 11.4 Å². The summed E-state index contributed by atoms with van der Waals surface area (Å²) in [7, 11) is 4.77. The summed E-state index contributed by atoms with van der Waals surface area (Å²) in [6.07, 6.45) is 1.57. The zero-order valence-corrected chi connectivity index (χ0v) is 21.1. The van der Waals surface area contributed by atoms with Crippen molar-refractivity contribution in [3.8, 4) is 28.6 Å². The molecule has 0 bridgehead atoms. The van der Waals surface area contributed by atoms with Gasteiger partial charge in [0, 0.05) is 12.1 Å². The Balaban J connectivity index is 1.63. The fourth-order valence-corrected chi connectivity index (χ4v) is 4.33. The Kier molecular flexibility index (Phi) is 8.72. The molecule has 0 saturated carbocycles. The summed E-state index contributed by atoms with van der Waals surface area (Å²) < 4.78 is 18.6. The summed E-state index contributed by atoms with van der Waals surface area (Å²) in [5.74, 6) is 2.55. The van der Waals surface area contributed by atoms with Gasteiger partial charge in [-0.15, -0.1) is 10.2 Å². The monoisotopic (exact) mass is 533 g/mol. The van der Waals surface area contributed by atoms with Gasteiger partial charge in [-0.1, -0.05) is 11.8 Å². The van der Waals surface area contributed by atoms with Crippen LogP contribution in [0.5, 0.6) is 17.2 Å². The van der Waals surface area contributed by atoms with Gasteiger partial charge in [0.2, 0.25) is 0 Å². The molecule has 0 atom stereocenters. The maximum absolute atomic E-state index is 12.2. The molecular weight excluding hydrogens is 510 g/mol. The predicted octanol–water partition coefficient (Wildman–Crippen LogP) is 4.00. The Hall–Kier alpha value is -3.05. The van der Waals surface area contributed by atoms with Crippen molar-refractivity contribution >= 4 is 39.8 Å². The summed E-state index contributed by atoms with van der Waals surface area (Å²) in [5, 5.41) is 13.2. The smallest absolute Gasteiger partial charge is 0.250 e. The van der Waals surface area contributed by atoms with Gasteiger partial charge in [-0.25, -0.2) is 5.43 Å². The van der Waals surface area contributed by atoms with E-state index in [1.807, 2.05) is 47.9 Å². The first kappa shape index (κ1) is 24.6. The van der Waals surface area contributed by atoms with Gasteiger partial charge >= 0.3 is 0 Å². The molecule has 0 spiro atoms. The number of benzene rings is 2. The maximum Gasteiger partial charge on any atom is 0.250 e. The number of halogens is 1. The van der Waals surface area contributed by atoms with E-state index < -0.39 is 0 Å². The van der Waals surface area contributed by atoms with E-state index in [9.17, 15) is 4.79 Å². The molecule has 3 aromatic rings. The van der Waals surface area contributed by atoms with Crippen LogP contribution in [-0.2, 0) is 11.3 Å². The van der Waals surface area contributed by atoms with Crippen LogP contribution < -0.4 is 19.6 Å². The van der Waals surface area contributed by atoms with Crippen molar-refractivity contribution < 1.29 is 19.0 Å². The van der Waals surface area contributed by atoms with Crippen LogP contribution in [0.3, 0.4) is 0 Å². The number of hydrogen-bond acceptors (Lipinski definition) is 8. The lowest BCUT2D eigenvalue weighted by atomic mass is 10.2. The second-order valence-corrected chi connectivity index (χ2v) is 8.39. The van der Waals surface area contributed by atoms with Gasteiger partial charge in [0.05, 0.1) is 37.8 Å². The highest BCUT2D eigenvalue weighted by molar-refractivity contribution is 9.10. The standard InChI is InChI=1S/C22H24BrN5O4S/c1-5-28-21(15-7-9-18(31-3)19(11-15)32-4)26-27-22(28)33-13-20(29)25-24-12-14-6-8-17(30-2)16(23)10-14/h6-12H,5,13H2,1-4H3,(H,25,29). The molecule has 0 radical (unpaired) electrons. The van der Waals surface area contributed by atoms with Gasteiger partial charge in [-0.2, -0.15) is 5.10 Å². The van der Waals surface area contributed by atoms with Crippen LogP contribution in [0.15, 0.2) is 51.1 Å². The average molecular weight is 534 g/mol. The van der Waals surface area contributed by atoms with Crippen LogP contribution >= 0.6 is 27.7 Å². The summed E-state index contributed by atoms with van der Waals surface area (Å²) in [6.45, 7) is 2.64. The third kappa shape index (κ3) is 6.05. The molecule has 1 amide bonds. The van der Waals surface area contributed by atoms with E-state index in [2.05, 4.69) is 36.7 Å². The van der Waals surface area contributed by atoms with E-state index in [4.69, 9.17) is 14.2 Å². The lowest BCUT2D eigenvalue weighted by molar-refractivity contribution is -0.118. The van der Waals surface area contributed by atoms with Crippen LogP contribution in [-0.4, -0.2) is 54.0 Å². The minimum absolute atomic E-state index is 0.147. The minimum Gasteiger partial charge on any atom is -0.496 e. The number of ether oxygens (including phenoxy) is 3. The van der Waals surface area contributed by atoms with E-state index in [0.29, 0.717) is 29.0 Å². The van der Waals surface area contributed by atoms with Crippen molar-refractivity contribution in [2.45, 2.75) is 18.6 Å². The Labute approximate surface area is 204 Å². The first-order valence-corrected chi connectivity index (χ1v) is 11.7. The van der Waals surface area contributed by atoms with Crippen LogP contribution in [0.2, 0.25) is 0 Å². The van der Waals surface area contributed by atoms with Crippen molar-refractivity contribution in [2.24, 2.45) is 5.10 Å². The fourth-order valence-electron chi connectivity index (χ4n) is 2.97. The summed E-state index contributed by atoms with van der Waals surface area (Å²) in [6, 6.07) is 11.1. The molecule has 0 unspecified atom stereocenters. The van der Waals surface area contributed by atoms with Crippen LogP contribution in [0.1, 0.15) is 12.5 Å². The van der Waals surface area contributed by atoms with Gasteiger partial charge < -0.3 is 18.8 Å². The number of carbonyl (C=O) groups excluding carboxylic acids is 1. The van der Waals surface area contributed by atoms with Gasteiger partial charge in [-0.05, 0) is 64.8 Å². The number of rotatable bonds is 10. The molecule has 9 nitrogen and oxygen atoms in total. The van der Waals surface area contributed by atoms with E-state index in [0.717, 1.165) is 21.3 Å². The molecular formula is C22H24BrN5O4S. The first-order chi connectivity index (χ1) is 16.0. The van der Waals surface area contributed by atoms with Crippen molar-refractivity contribution in [1.29, 1.82) is 0 Å². The number of carbonyl (C=O) groups is 1. The predicted molar refractivity (Wildman–Crippen MR) is 131 cm³/mol. The topological polar surface area (TPSA) is 99.9 Å². The lowest BCUT2D eigenvalue weighted by Crippen LogP contribution is -2.20. The van der Waals surface area contributed by atoms with Crippen molar-refractivity contribution in [1.82, 2.24) is 20.2 Å². The van der Waals surface area contributed by atoms with E-state index in [1.54, 1.807) is 27.5 Å². The maximum atomic E-state index is 12.2. The van der Waals surface area contributed by atoms with E-state index in [1.165, 1.54) is 11.8 Å². The largest absolute Gasteiger partial charge is 0.496 e. The molecule has 33 heavy (non-hydrogen) atoms. The van der Waals surface area contributed by atoms with E-state index >= 15 is 0 Å². The van der Waals surface area contributed by atoms with Crippen LogP contribution in [0.4, 0.5) is 0 Å². The number of hydrazone groups is 1. The molecule has 3 rings (SSSR count). The Morgan fingerprint density at radius 2 is 1.82 bits per heavy atom. The third-order valence-electron chi connectivity index (χ3n) is 4.59. The Morgan fingerprint density at radius 1 is 1.09 bits per heavy atom. The molecule has 0 saturated heterocycles. The first-order valence-electron chi connectivity index (χ1n) is 9.94. The second-order valence-electron chi connectivity index (χ2n) is 6.60. The van der Waals surface area contributed by atoms with Gasteiger partial charge in [-0.3, -0.25) is 4.79 Å². The van der Waals surface area contributed by atoms with Crippen molar-refractivity contribution in [3.63, 3.8) is 0 Å². The summed E-state index contributed by atoms with van der Waals surface area (Å²) >= 11 is 4.71. The molecule has 1 N–H and O–H groups in total. The molecule has 0 aliphatic heterocycles. The number of aromatic nitrogens is 3. The Morgan fingerprint density at radius 3 is 2.48 bits per heavy atom. The highest BCUT2D eigenvalue weighted by Gasteiger charge is 2.16. The zero-order valence-electron chi connectivity index (χ0n) is 18.7. The molecule has 0 fully saturated rings. The van der Waals surface area contributed by atoms with Crippen LogP contribution in [0, 0.1) is 0 Å². The van der Waals surface area contributed by atoms with Crippen molar-refractivity contribution in [2.75, 3.05) is 27.1 Å². The molecule has 1 heterocycles. The molecule has 0 aliphatic carbocycles. The number of hydrogen-bond donors (Lipinski definition) is 1. The normalized spacial score (nSPS) is 10.9. The number of nitrogens with one attached hydrogen (secondary N) is 1. The Bertz CT molecular complexity index is 1150. The molecule has 174 valence electrons. The van der Waals surface area contributed by atoms with Gasteiger partial charge in [0.25, 0.3) is 5.91 Å². The minimum atomic E-state index is -0.248. The lowest BCUT2D eigenvalue weighted by Gasteiger charge is -2.10. The highest BCUT2D eigenvalue weighted by Crippen LogP contribution is 2.32. The number of amides is 1. The van der Waals surface area contributed by atoms with Crippen molar-refractivity contribution in [3.05, 3.63) is 46.4 Å². The molecule has 1 aromatic heterocycles. The SMILES string of the molecule is CCn1c(SCC(=O)NN=Cc2ccc(OC)c(Br)c2)nnc1-c1ccc(OC)c(OC)c1. The molecule has 0 aliphatic rings. The number of methoxy groups -OCH3 is 3.